The number of hydrogen-bond acceptors (Lipinski definition) is 5. The van der Waals surface area contributed by atoms with Gasteiger partial charge in [0, 0.05) is 27.9 Å². The van der Waals surface area contributed by atoms with Gasteiger partial charge < -0.3 is 4.74 Å². The molecule has 0 amide bonds. The Morgan fingerprint density at radius 3 is 2.75 bits per heavy atom. The van der Waals surface area contributed by atoms with Crippen LogP contribution in [0.2, 0.25) is 5.02 Å². The Balaban J connectivity index is 1.39. The first kappa shape index (κ1) is 17.7. The van der Waals surface area contributed by atoms with Gasteiger partial charge in [0.1, 0.15) is 23.3 Å². The predicted molar refractivity (Wildman–Crippen MR) is 114 cm³/mol. The summed E-state index contributed by atoms with van der Waals surface area (Å²) in [5, 5.41) is 11.1. The van der Waals surface area contributed by atoms with Gasteiger partial charge in [0.2, 0.25) is 0 Å². The Bertz CT molecular complexity index is 1100. The highest BCUT2D eigenvalue weighted by Crippen LogP contribution is 2.61. The third-order valence-corrected chi connectivity index (χ3v) is 8.18. The molecule has 2 aliphatic rings. The summed E-state index contributed by atoms with van der Waals surface area (Å²) in [7, 11) is 0. The Morgan fingerprint density at radius 2 is 2.00 bits per heavy atom. The lowest BCUT2D eigenvalue weighted by atomic mass is 10.1. The van der Waals surface area contributed by atoms with Crippen molar-refractivity contribution in [1.82, 2.24) is 9.55 Å². The van der Waals surface area contributed by atoms with Crippen LogP contribution >= 0.6 is 35.1 Å². The topological polar surface area (TPSA) is 50.8 Å². The molecule has 1 aromatic heterocycles. The third-order valence-electron chi connectivity index (χ3n) is 4.78. The molecule has 2 unspecified atom stereocenters. The summed E-state index contributed by atoms with van der Waals surface area (Å²) in [5.74, 6) is 1.61. The molecule has 2 aromatic carbocycles. The number of imidazole rings is 1. The van der Waals surface area contributed by atoms with Crippen LogP contribution in [0.1, 0.15) is 16.4 Å². The number of ether oxygens (including phenoxy) is 1. The quantitative estimate of drug-likeness (QED) is 0.474. The van der Waals surface area contributed by atoms with Gasteiger partial charge in [-0.1, -0.05) is 17.7 Å². The monoisotopic (exact) mass is 423 g/mol. The SMILES string of the molecule is N#CC(=C1SC2Cc3cc(Oc4ccc(Cl)cc4)ccc3C2S1)n1ccnc1. The summed E-state index contributed by atoms with van der Waals surface area (Å²) in [5.41, 5.74) is 3.32. The highest BCUT2D eigenvalue weighted by atomic mass is 35.5. The summed E-state index contributed by atoms with van der Waals surface area (Å²) in [6.45, 7) is 0. The minimum Gasteiger partial charge on any atom is -0.457 e. The number of aromatic nitrogens is 2. The number of halogens is 1. The zero-order chi connectivity index (χ0) is 19.1. The van der Waals surface area contributed by atoms with E-state index < -0.39 is 0 Å². The van der Waals surface area contributed by atoms with E-state index in [1.165, 1.54) is 11.1 Å². The molecule has 0 spiro atoms. The Hall–Kier alpha value is -2.33. The van der Waals surface area contributed by atoms with Gasteiger partial charge in [0.25, 0.3) is 0 Å². The summed E-state index contributed by atoms with van der Waals surface area (Å²) < 4.78 is 8.84. The molecule has 2 heterocycles. The Kier molecular flexibility index (Phi) is 4.59. The highest BCUT2D eigenvalue weighted by molar-refractivity contribution is 8.26. The smallest absolute Gasteiger partial charge is 0.145 e. The molecule has 1 fully saturated rings. The van der Waals surface area contributed by atoms with E-state index in [-0.39, 0.29) is 0 Å². The molecule has 2 atom stereocenters. The van der Waals surface area contributed by atoms with Crippen LogP contribution in [0.3, 0.4) is 0 Å². The number of nitriles is 1. The fourth-order valence-corrected chi connectivity index (χ4v) is 7.03. The lowest BCUT2D eigenvalue weighted by Gasteiger charge is -2.10. The average Bonchev–Trinajstić information content (AvgIpc) is 3.41. The first-order valence-corrected chi connectivity index (χ1v) is 10.9. The van der Waals surface area contributed by atoms with Crippen molar-refractivity contribution < 1.29 is 4.74 Å². The molecule has 5 rings (SSSR count). The predicted octanol–water partition coefficient (Wildman–Crippen LogP) is 6.12. The van der Waals surface area contributed by atoms with Gasteiger partial charge in [-0.15, -0.1) is 23.5 Å². The molecular formula is C21H14ClN3OS2. The molecule has 28 heavy (non-hydrogen) atoms. The maximum absolute atomic E-state index is 9.60. The van der Waals surface area contributed by atoms with Crippen LogP contribution in [0.4, 0.5) is 0 Å². The summed E-state index contributed by atoms with van der Waals surface area (Å²) in [6, 6.07) is 16.0. The van der Waals surface area contributed by atoms with Crippen molar-refractivity contribution in [3.8, 4) is 17.6 Å². The first-order chi connectivity index (χ1) is 13.7. The molecule has 0 saturated carbocycles. The molecule has 138 valence electrons. The van der Waals surface area contributed by atoms with E-state index in [2.05, 4.69) is 23.2 Å². The molecule has 0 N–H and O–H groups in total. The first-order valence-electron chi connectivity index (χ1n) is 8.73. The summed E-state index contributed by atoms with van der Waals surface area (Å²) in [4.78, 5) is 4.06. The molecule has 0 radical (unpaired) electrons. The second-order valence-electron chi connectivity index (χ2n) is 6.53. The highest BCUT2D eigenvalue weighted by Gasteiger charge is 2.41. The van der Waals surface area contributed by atoms with E-state index in [0.29, 0.717) is 21.2 Å². The van der Waals surface area contributed by atoms with Crippen molar-refractivity contribution in [3.63, 3.8) is 0 Å². The van der Waals surface area contributed by atoms with Crippen LogP contribution < -0.4 is 4.74 Å². The van der Waals surface area contributed by atoms with E-state index in [0.717, 1.165) is 22.2 Å². The minimum atomic E-state index is 0.367. The lowest BCUT2D eigenvalue weighted by Crippen LogP contribution is -1.99. The van der Waals surface area contributed by atoms with Crippen molar-refractivity contribution in [1.29, 1.82) is 5.26 Å². The van der Waals surface area contributed by atoms with Crippen molar-refractivity contribution in [2.45, 2.75) is 16.9 Å². The van der Waals surface area contributed by atoms with Crippen molar-refractivity contribution in [2.75, 3.05) is 0 Å². The van der Waals surface area contributed by atoms with Crippen molar-refractivity contribution in [3.05, 3.63) is 81.6 Å². The molecule has 1 aliphatic heterocycles. The summed E-state index contributed by atoms with van der Waals surface area (Å²) in [6.07, 6.45) is 6.16. The number of benzene rings is 2. The largest absolute Gasteiger partial charge is 0.457 e. The standard InChI is InChI=1S/C21H14ClN3OS2/c22-14-1-3-15(4-2-14)26-16-5-6-17-13(9-16)10-19-20(17)28-21(27-19)18(11-23)25-8-7-24-12-25/h1-9,12,19-20H,10H2. The van der Waals surface area contributed by atoms with Crippen LogP contribution in [0.5, 0.6) is 11.5 Å². The second-order valence-corrected chi connectivity index (χ2v) is 9.63. The zero-order valence-electron chi connectivity index (χ0n) is 14.6. The Morgan fingerprint density at radius 1 is 1.18 bits per heavy atom. The molecule has 7 heteroatoms. The fourth-order valence-electron chi connectivity index (χ4n) is 3.50. The number of nitrogens with zero attached hydrogens (tertiary/aromatic N) is 3. The van der Waals surface area contributed by atoms with E-state index >= 15 is 0 Å². The molecule has 1 aliphatic carbocycles. The zero-order valence-corrected chi connectivity index (χ0v) is 17.0. The van der Waals surface area contributed by atoms with Crippen LogP contribution in [0.25, 0.3) is 5.70 Å². The maximum atomic E-state index is 9.60. The van der Waals surface area contributed by atoms with Crippen molar-refractivity contribution >= 4 is 40.8 Å². The van der Waals surface area contributed by atoms with Crippen LogP contribution in [0.15, 0.2) is 65.4 Å². The van der Waals surface area contributed by atoms with Gasteiger partial charge in [-0.2, -0.15) is 5.26 Å². The average molecular weight is 424 g/mol. The normalized spacial score (nSPS) is 21.7. The van der Waals surface area contributed by atoms with Gasteiger partial charge in [-0.05, 0) is 53.9 Å². The minimum absolute atomic E-state index is 0.367. The number of fused-ring (bicyclic) bond motifs is 3. The van der Waals surface area contributed by atoms with E-state index in [1.807, 2.05) is 36.5 Å². The molecular weight excluding hydrogens is 410 g/mol. The molecule has 0 bridgehead atoms. The van der Waals surface area contributed by atoms with Gasteiger partial charge in [0.15, 0.2) is 0 Å². The molecule has 1 saturated heterocycles. The fraction of sp³-hybridized carbons (Fsp3) is 0.143. The molecule has 3 aromatic rings. The second kappa shape index (κ2) is 7.25. The van der Waals surface area contributed by atoms with Gasteiger partial charge in [0.05, 0.1) is 10.6 Å². The number of thioether (sulfide) groups is 2. The van der Waals surface area contributed by atoms with Gasteiger partial charge in [-0.3, -0.25) is 4.57 Å². The number of rotatable bonds is 3. The van der Waals surface area contributed by atoms with Crippen molar-refractivity contribution in [2.24, 2.45) is 0 Å². The van der Waals surface area contributed by atoms with Gasteiger partial charge >= 0.3 is 0 Å². The lowest BCUT2D eigenvalue weighted by molar-refractivity contribution is 0.482. The number of hydrogen-bond donors (Lipinski definition) is 0. The van der Waals surface area contributed by atoms with E-state index in [4.69, 9.17) is 16.3 Å². The van der Waals surface area contributed by atoms with Gasteiger partial charge in [-0.25, -0.2) is 4.98 Å². The maximum Gasteiger partial charge on any atom is 0.145 e. The Labute approximate surface area is 176 Å². The third kappa shape index (κ3) is 3.20. The van der Waals surface area contributed by atoms with Crippen LogP contribution in [-0.2, 0) is 6.42 Å². The summed E-state index contributed by atoms with van der Waals surface area (Å²) >= 11 is 9.51. The van der Waals surface area contributed by atoms with Crippen LogP contribution in [-0.4, -0.2) is 14.8 Å². The van der Waals surface area contributed by atoms with E-state index in [9.17, 15) is 5.26 Å². The van der Waals surface area contributed by atoms with Crippen LogP contribution in [0, 0.1) is 11.3 Å². The number of allylic oxidation sites excluding steroid dienone is 1. The van der Waals surface area contributed by atoms with E-state index in [1.54, 1.807) is 40.6 Å². The molecule has 4 nitrogen and oxygen atoms in total.